The van der Waals surface area contributed by atoms with Crippen molar-refractivity contribution >= 4 is 22.7 Å². The number of rotatable bonds is 6. The van der Waals surface area contributed by atoms with Gasteiger partial charge in [0.05, 0.1) is 12.7 Å². The van der Waals surface area contributed by atoms with Crippen LogP contribution in [0.5, 0.6) is 0 Å². The molecule has 1 N–H and O–H groups in total. The molecule has 1 amide bonds. The van der Waals surface area contributed by atoms with Crippen LogP contribution in [0.25, 0.3) is 0 Å². The predicted octanol–water partition coefficient (Wildman–Crippen LogP) is 5.46. The number of anilines is 1. The maximum absolute atomic E-state index is 12.2. The Hall–Kier alpha value is -2.60. The Morgan fingerprint density at radius 1 is 0.931 bits per heavy atom. The van der Waals surface area contributed by atoms with Crippen LogP contribution in [0.3, 0.4) is 0 Å². The van der Waals surface area contributed by atoms with Crippen LogP contribution in [0.2, 0.25) is 0 Å². The van der Waals surface area contributed by atoms with Gasteiger partial charge < -0.3 is 14.8 Å². The molecule has 4 nitrogen and oxygen atoms in total. The molecule has 1 aliphatic rings. The molecule has 3 aromatic rings. The molecule has 2 atom stereocenters. The molecule has 3 aromatic carbocycles. The first-order valence-electron chi connectivity index (χ1n) is 9.64. The van der Waals surface area contributed by atoms with Crippen molar-refractivity contribution in [2.45, 2.75) is 18.3 Å². The fourth-order valence-corrected chi connectivity index (χ4v) is 4.09. The summed E-state index contributed by atoms with van der Waals surface area (Å²) < 4.78 is 12.6. The van der Waals surface area contributed by atoms with Crippen LogP contribution in [-0.2, 0) is 21.7 Å². The van der Waals surface area contributed by atoms with Crippen molar-refractivity contribution in [3.8, 4) is 0 Å². The van der Waals surface area contributed by atoms with Gasteiger partial charge in [-0.3, -0.25) is 4.79 Å². The molecule has 0 spiro atoms. The van der Waals surface area contributed by atoms with E-state index in [2.05, 4.69) is 17.4 Å². The minimum atomic E-state index is -0.830. The van der Waals surface area contributed by atoms with Crippen LogP contribution in [0, 0.1) is 0 Å². The first-order chi connectivity index (χ1) is 14.2. The van der Waals surface area contributed by atoms with Crippen LogP contribution in [0.4, 0.5) is 10.5 Å². The second-order valence-corrected chi connectivity index (χ2v) is 7.91. The Morgan fingerprint density at radius 2 is 1.55 bits per heavy atom. The molecule has 5 heteroatoms. The summed E-state index contributed by atoms with van der Waals surface area (Å²) >= 11 is 1.22. The molecular weight excluding hydrogens is 382 g/mol. The lowest BCUT2D eigenvalue weighted by Gasteiger charge is -2.29. The summed E-state index contributed by atoms with van der Waals surface area (Å²) in [5, 5.41) is 2.79. The molecule has 0 bridgehead atoms. The lowest BCUT2D eigenvalue weighted by molar-refractivity contribution is -0.173. The molecule has 0 aromatic heterocycles. The number of carbonyl (C=O) groups excluding carboxylic acids is 1. The topological polar surface area (TPSA) is 47.6 Å². The van der Waals surface area contributed by atoms with E-state index in [1.807, 2.05) is 78.9 Å². The van der Waals surface area contributed by atoms with Crippen molar-refractivity contribution < 1.29 is 14.3 Å². The average Bonchev–Trinajstić information content (AvgIpc) is 3.18. The Balaban J connectivity index is 1.41. The van der Waals surface area contributed by atoms with Gasteiger partial charge in [0.25, 0.3) is 5.24 Å². The molecular formula is C24H23NO3S. The zero-order valence-corrected chi connectivity index (χ0v) is 16.8. The number of para-hydroxylation sites is 1. The van der Waals surface area contributed by atoms with Crippen molar-refractivity contribution in [1.82, 2.24) is 0 Å². The van der Waals surface area contributed by atoms with Gasteiger partial charge in [-0.2, -0.15) is 0 Å². The fourth-order valence-electron chi connectivity index (χ4n) is 3.39. The van der Waals surface area contributed by atoms with Gasteiger partial charge in [-0.1, -0.05) is 90.6 Å². The summed E-state index contributed by atoms with van der Waals surface area (Å²) in [4.78, 5) is 12.2. The monoisotopic (exact) mass is 405 g/mol. The molecule has 0 unspecified atom stereocenters. The van der Waals surface area contributed by atoms with Gasteiger partial charge >= 0.3 is 0 Å². The Bertz CT molecular complexity index is 921. The summed E-state index contributed by atoms with van der Waals surface area (Å²) in [5.74, 6) is -0.300. The van der Waals surface area contributed by atoms with Crippen molar-refractivity contribution in [1.29, 1.82) is 0 Å². The third-order valence-electron chi connectivity index (χ3n) is 4.77. The first-order valence-corrected chi connectivity index (χ1v) is 10.6. The standard InChI is InChI=1S/C24H23NO3S/c26-23(25-21-14-8-3-9-15-21)29-18-22-17-27-24(28-22,20-12-6-2-7-13-20)16-19-10-4-1-5-11-19/h1-15,22H,16-18H2,(H,25,26)/t22-,24-/m0/s1. The highest BCUT2D eigenvalue weighted by Gasteiger charge is 2.43. The van der Waals surface area contributed by atoms with Gasteiger partial charge in [0.1, 0.15) is 0 Å². The van der Waals surface area contributed by atoms with Crippen molar-refractivity contribution in [3.05, 3.63) is 102 Å². The number of ether oxygens (including phenoxy) is 2. The van der Waals surface area contributed by atoms with Crippen LogP contribution in [-0.4, -0.2) is 23.7 Å². The number of thioether (sulfide) groups is 1. The lowest BCUT2D eigenvalue weighted by Crippen LogP contribution is -2.31. The second-order valence-electron chi connectivity index (χ2n) is 6.92. The lowest BCUT2D eigenvalue weighted by atomic mass is 9.97. The number of hydrogen-bond acceptors (Lipinski definition) is 4. The van der Waals surface area contributed by atoms with Gasteiger partial charge in [0, 0.05) is 23.4 Å². The molecule has 4 rings (SSSR count). The highest BCUT2D eigenvalue weighted by Crippen LogP contribution is 2.38. The summed E-state index contributed by atoms with van der Waals surface area (Å²) in [5.41, 5.74) is 2.92. The number of nitrogens with one attached hydrogen (secondary N) is 1. The summed E-state index contributed by atoms with van der Waals surface area (Å²) in [6, 6.07) is 29.7. The summed E-state index contributed by atoms with van der Waals surface area (Å²) in [6.45, 7) is 0.452. The van der Waals surface area contributed by atoms with Crippen LogP contribution < -0.4 is 5.32 Å². The van der Waals surface area contributed by atoms with Crippen molar-refractivity contribution in [3.63, 3.8) is 0 Å². The summed E-state index contributed by atoms with van der Waals surface area (Å²) in [6.07, 6.45) is 0.459. The first kappa shape index (κ1) is 19.7. The van der Waals surface area contributed by atoms with Gasteiger partial charge in [0.2, 0.25) is 0 Å². The normalized spacial score (nSPS) is 21.0. The van der Waals surface area contributed by atoms with Gasteiger partial charge in [-0.15, -0.1) is 0 Å². The molecule has 1 heterocycles. The fraction of sp³-hybridized carbons (Fsp3) is 0.208. The number of amides is 1. The average molecular weight is 406 g/mol. The highest BCUT2D eigenvalue weighted by atomic mass is 32.2. The van der Waals surface area contributed by atoms with Gasteiger partial charge in [-0.05, 0) is 17.7 Å². The predicted molar refractivity (Wildman–Crippen MR) is 117 cm³/mol. The maximum Gasteiger partial charge on any atom is 0.283 e. The number of carbonyl (C=O) groups is 1. The zero-order chi connectivity index (χ0) is 19.9. The van der Waals surface area contributed by atoms with Crippen LogP contribution >= 0.6 is 11.8 Å². The quantitative estimate of drug-likeness (QED) is 0.591. The largest absolute Gasteiger partial charge is 0.343 e. The van der Waals surface area contributed by atoms with E-state index >= 15 is 0 Å². The molecule has 0 aliphatic carbocycles. The van der Waals surface area contributed by atoms with E-state index in [1.165, 1.54) is 11.8 Å². The Morgan fingerprint density at radius 3 is 2.24 bits per heavy atom. The van der Waals surface area contributed by atoms with E-state index in [0.29, 0.717) is 18.8 Å². The van der Waals surface area contributed by atoms with Crippen molar-refractivity contribution in [2.75, 3.05) is 17.7 Å². The molecule has 0 saturated carbocycles. The molecule has 1 aliphatic heterocycles. The smallest absolute Gasteiger partial charge is 0.283 e. The molecule has 1 saturated heterocycles. The number of hydrogen-bond donors (Lipinski definition) is 1. The Kier molecular flexibility index (Phi) is 6.30. The maximum atomic E-state index is 12.2. The van der Waals surface area contributed by atoms with Crippen LogP contribution in [0.1, 0.15) is 11.1 Å². The zero-order valence-electron chi connectivity index (χ0n) is 16.0. The number of benzene rings is 3. The van der Waals surface area contributed by atoms with E-state index in [0.717, 1.165) is 16.8 Å². The highest BCUT2D eigenvalue weighted by molar-refractivity contribution is 8.13. The minimum absolute atomic E-state index is 0.0972. The van der Waals surface area contributed by atoms with E-state index in [1.54, 1.807) is 0 Å². The second kappa shape index (κ2) is 9.27. The van der Waals surface area contributed by atoms with Crippen molar-refractivity contribution in [2.24, 2.45) is 0 Å². The molecule has 1 fully saturated rings. The van der Waals surface area contributed by atoms with Gasteiger partial charge in [-0.25, -0.2) is 0 Å². The molecule has 0 radical (unpaired) electrons. The molecule has 29 heavy (non-hydrogen) atoms. The Labute approximate surface area is 175 Å². The summed E-state index contributed by atoms with van der Waals surface area (Å²) in [7, 11) is 0. The van der Waals surface area contributed by atoms with Crippen LogP contribution in [0.15, 0.2) is 91.0 Å². The third-order valence-corrected chi connectivity index (χ3v) is 5.68. The van der Waals surface area contributed by atoms with E-state index in [-0.39, 0.29) is 11.3 Å². The third kappa shape index (κ3) is 5.07. The van der Waals surface area contributed by atoms with Gasteiger partial charge in [0.15, 0.2) is 5.79 Å². The minimum Gasteiger partial charge on any atom is -0.343 e. The van der Waals surface area contributed by atoms with E-state index < -0.39 is 5.79 Å². The molecule has 148 valence electrons. The SMILES string of the molecule is O=C(Nc1ccccc1)SC[C@@H]1CO[C@](Cc2ccccc2)(c2ccccc2)O1. The van der Waals surface area contributed by atoms with E-state index in [4.69, 9.17) is 9.47 Å². The van der Waals surface area contributed by atoms with E-state index in [9.17, 15) is 4.79 Å².